The Morgan fingerprint density at radius 2 is 0.871 bits per heavy atom. The molecule has 0 bridgehead atoms. The molecule has 62 heavy (non-hydrogen) atoms. The van der Waals surface area contributed by atoms with Crippen LogP contribution in [0.25, 0.3) is 121 Å². The minimum Gasteiger partial charge on any atom is -0.309 e. The maximum atomic E-state index is 5.30. The average Bonchev–Trinajstić information content (AvgIpc) is 3.85. The Morgan fingerprint density at radius 3 is 1.68 bits per heavy atom. The van der Waals surface area contributed by atoms with Gasteiger partial charge in [0, 0.05) is 54.7 Å². The summed E-state index contributed by atoms with van der Waals surface area (Å²) in [4.78, 5) is 15.7. The van der Waals surface area contributed by atoms with Gasteiger partial charge in [-0.1, -0.05) is 170 Å². The summed E-state index contributed by atoms with van der Waals surface area (Å²) in [7, 11) is 0. The molecular formula is C57H35N5. The van der Waals surface area contributed by atoms with Gasteiger partial charge in [-0.3, -0.25) is 0 Å². The van der Waals surface area contributed by atoms with Gasteiger partial charge in [-0.15, -0.1) is 0 Å². The van der Waals surface area contributed by atoms with Gasteiger partial charge < -0.3 is 9.13 Å². The second-order valence-electron chi connectivity index (χ2n) is 16.0. The Balaban J connectivity index is 1.12. The summed E-state index contributed by atoms with van der Waals surface area (Å²) < 4.78 is 4.90. The molecule has 288 valence electrons. The molecule has 0 N–H and O–H groups in total. The van der Waals surface area contributed by atoms with E-state index in [1.54, 1.807) is 0 Å². The maximum absolute atomic E-state index is 5.30. The molecule has 0 aliphatic heterocycles. The summed E-state index contributed by atoms with van der Waals surface area (Å²) >= 11 is 0. The van der Waals surface area contributed by atoms with Crippen LogP contribution in [-0.4, -0.2) is 24.1 Å². The quantitative estimate of drug-likeness (QED) is 0.174. The first-order valence-electron chi connectivity index (χ1n) is 21.0. The zero-order valence-electron chi connectivity index (χ0n) is 33.4. The number of hydrogen-bond donors (Lipinski definition) is 0. The third-order valence-corrected chi connectivity index (χ3v) is 12.5. The highest BCUT2D eigenvalue weighted by atomic mass is 15.0. The van der Waals surface area contributed by atoms with Crippen molar-refractivity contribution in [1.29, 1.82) is 0 Å². The van der Waals surface area contributed by atoms with Crippen molar-refractivity contribution in [3.63, 3.8) is 0 Å². The van der Waals surface area contributed by atoms with Gasteiger partial charge in [0.15, 0.2) is 17.5 Å². The van der Waals surface area contributed by atoms with Crippen molar-refractivity contribution in [2.75, 3.05) is 0 Å². The number of nitrogens with zero attached hydrogens (tertiary/aromatic N) is 5. The van der Waals surface area contributed by atoms with Gasteiger partial charge >= 0.3 is 0 Å². The van der Waals surface area contributed by atoms with Crippen molar-refractivity contribution in [2.45, 2.75) is 0 Å². The Kier molecular flexibility index (Phi) is 7.54. The van der Waals surface area contributed by atoms with Gasteiger partial charge in [0.1, 0.15) is 0 Å². The second-order valence-corrected chi connectivity index (χ2v) is 16.0. The number of benzene rings is 10. The van der Waals surface area contributed by atoms with E-state index in [9.17, 15) is 0 Å². The van der Waals surface area contributed by atoms with Crippen LogP contribution >= 0.6 is 0 Å². The molecular weight excluding hydrogens is 755 g/mol. The van der Waals surface area contributed by atoms with E-state index in [0.29, 0.717) is 17.5 Å². The summed E-state index contributed by atoms with van der Waals surface area (Å²) in [5.74, 6) is 1.89. The van der Waals surface area contributed by atoms with Gasteiger partial charge in [-0.05, 0) is 64.0 Å². The zero-order valence-corrected chi connectivity index (χ0v) is 33.4. The van der Waals surface area contributed by atoms with Gasteiger partial charge in [0.2, 0.25) is 0 Å². The predicted molar refractivity (Wildman–Crippen MR) is 257 cm³/mol. The maximum Gasteiger partial charge on any atom is 0.164 e. The van der Waals surface area contributed by atoms with Crippen LogP contribution in [0, 0.1) is 0 Å². The van der Waals surface area contributed by atoms with Crippen molar-refractivity contribution >= 4 is 75.9 Å². The highest BCUT2D eigenvalue weighted by Gasteiger charge is 2.22. The van der Waals surface area contributed by atoms with Gasteiger partial charge in [-0.2, -0.15) is 0 Å². The fraction of sp³-hybridized carbons (Fsp3) is 0. The molecule has 5 nitrogen and oxygen atoms in total. The van der Waals surface area contributed by atoms with Crippen LogP contribution in [0.4, 0.5) is 0 Å². The van der Waals surface area contributed by atoms with Gasteiger partial charge in [0.05, 0.1) is 27.8 Å². The summed E-state index contributed by atoms with van der Waals surface area (Å²) in [6.45, 7) is 0. The molecule has 13 aromatic rings. The Hall–Kier alpha value is -8.41. The first-order chi connectivity index (χ1) is 30.7. The molecule has 5 heteroatoms. The lowest BCUT2D eigenvalue weighted by Crippen LogP contribution is -2.02. The molecule has 0 fully saturated rings. The molecule has 0 saturated heterocycles. The second kappa shape index (κ2) is 13.6. The van der Waals surface area contributed by atoms with E-state index < -0.39 is 0 Å². The minimum atomic E-state index is 0.619. The average molecular weight is 790 g/mol. The molecule has 0 aliphatic rings. The van der Waals surface area contributed by atoms with Crippen molar-refractivity contribution in [3.05, 3.63) is 212 Å². The minimum absolute atomic E-state index is 0.619. The van der Waals surface area contributed by atoms with Crippen LogP contribution in [0.5, 0.6) is 0 Å². The lowest BCUT2D eigenvalue weighted by Gasteiger charge is -2.15. The lowest BCUT2D eigenvalue weighted by atomic mass is 10.0. The van der Waals surface area contributed by atoms with E-state index in [4.69, 9.17) is 15.0 Å². The molecule has 3 aromatic heterocycles. The molecule has 0 amide bonds. The van der Waals surface area contributed by atoms with E-state index in [2.05, 4.69) is 203 Å². The molecule has 0 atom stereocenters. The summed E-state index contributed by atoms with van der Waals surface area (Å²) in [5.41, 5.74) is 9.64. The fourth-order valence-corrected chi connectivity index (χ4v) is 9.71. The Morgan fingerprint density at radius 1 is 0.290 bits per heavy atom. The number of fused-ring (bicyclic) bond motifs is 10. The number of aromatic nitrogens is 5. The zero-order chi connectivity index (χ0) is 40.7. The van der Waals surface area contributed by atoms with Crippen LogP contribution in [-0.2, 0) is 0 Å². The molecule has 0 spiro atoms. The van der Waals surface area contributed by atoms with Crippen molar-refractivity contribution in [3.8, 4) is 45.5 Å². The highest BCUT2D eigenvalue weighted by molar-refractivity contribution is 6.23. The molecule has 10 aromatic carbocycles. The number of para-hydroxylation sites is 2. The Labute approximate surface area is 356 Å². The topological polar surface area (TPSA) is 48.5 Å². The van der Waals surface area contributed by atoms with E-state index in [0.717, 1.165) is 66.2 Å². The first-order valence-corrected chi connectivity index (χ1v) is 21.0. The fourth-order valence-electron chi connectivity index (χ4n) is 9.71. The van der Waals surface area contributed by atoms with Crippen LogP contribution in [0.2, 0.25) is 0 Å². The van der Waals surface area contributed by atoms with Gasteiger partial charge in [-0.25, -0.2) is 15.0 Å². The first kappa shape index (κ1) is 34.5. The van der Waals surface area contributed by atoms with Crippen molar-refractivity contribution < 1.29 is 0 Å². The summed E-state index contributed by atoms with van der Waals surface area (Å²) in [6.07, 6.45) is 0. The van der Waals surface area contributed by atoms with Crippen LogP contribution in [0.3, 0.4) is 0 Å². The van der Waals surface area contributed by atoms with Crippen LogP contribution in [0.15, 0.2) is 212 Å². The van der Waals surface area contributed by atoms with Gasteiger partial charge in [0.25, 0.3) is 0 Å². The summed E-state index contributed by atoms with van der Waals surface area (Å²) in [6, 6.07) is 75.8. The normalized spacial score (nSPS) is 11.9. The van der Waals surface area contributed by atoms with E-state index in [-0.39, 0.29) is 0 Å². The standard InChI is InChI=1S/C57H35N5/c1-3-18-38(19-4-1)55-58-56(60-57(59-55)47-28-15-21-36-16-7-10-24-42(36)47)40-32-39-20-9-11-25-43(39)51(33-40)62-50-29-14-13-27-45(50)48-34-49-46-31-30-37-17-8-12-26-44(37)54(46)61(52(49)35-53(48)62)41-22-5-2-6-23-41/h1-35H. The van der Waals surface area contributed by atoms with E-state index in [1.807, 2.05) is 18.2 Å². The van der Waals surface area contributed by atoms with E-state index in [1.165, 1.54) is 37.8 Å². The molecule has 0 saturated carbocycles. The molecule has 3 heterocycles. The number of hydrogen-bond acceptors (Lipinski definition) is 3. The van der Waals surface area contributed by atoms with Crippen molar-refractivity contribution in [2.24, 2.45) is 0 Å². The third-order valence-electron chi connectivity index (χ3n) is 12.5. The lowest BCUT2D eigenvalue weighted by molar-refractivity contribution is 1.07. The largest absolute Gasteiger partial charge is 0.309 e. The van der Waals surface area contributed by atoms with E-state index >= 15 is 0 Å². The molecule has 0 aliphatic carbocycles. The highest BCUT2D eigenvalue weighted by Crippen LogP contribution is 2.43. The van der Waals surface area contributed by atoms with Crippen LogP contribution < -0.4 is 0 Å². The smallest absolute Gasteiger partial charge is 0.164 e. The Bertz CT molecular complexity index is 3910. The monoisotopic (exact) mass is 789 g/mol. The van der Waals surface area contributed by atoms with Crippen molar-refractivity contribution in [1.82, 2.24) is 24.1 Å². The molecule has 0 unspecified atom stereocenters. The predicted octanol–water partition coefficient (Wildman–Crippen LogP) is 14.5. The summed E-state index contributed by atoms with van der Waals surface area (Å²) in [5, 5.41) is 11.8. The van der Waals surface area contributed by atoms with Crippen LogP contribution in [0.1, 0.15) is 0 Å². The third kappa shape index (κ3) is 5.25. The number of rotatable bonds is 5. The molecule has 0 radical (unpaired) electrons. The SMILES string of the molecule is c1ccc(-c2nc(-c3cc(-n4c5ccccc5c5cc6c7ccc8ccccc8c7n(-c7ccccc7)c6cc54)c4ccccc4c3)nc(-c3cccc4ccccc34)n2)cc1. The molecule has 13 rings (SSSR count).